The van der Waals surface area contributed by atoms with E-state index < -0.39 is 5.97 Å². The smallest absolute Gasteiger partial charge is 0.334 e. The standard InChI is InChI=1S/C18H33NO3/c1-8-9-10-22-15(13(2)16(20)21)14-11-17(3,4)19(7)18(5,6)12-14/h14H,8-12H2,1-7H3,(H,20,21). The maximum atomic E-state index is 11.5. The van der Waals surface area contributed by atoms with Gasteiger partial charge < -0.3 is 9.84 Å². The van der Waals surface area contributed by atoms with Gasteiger partial charge in [-0.2, -0.15) is 0 Å². The summed E-state index contributed by atoms with van der Waals surface area (Å²) in [5, 5.41) is 9.40. The molecule has 0 aromatic heterocycles. The van der Waals surface area contributed by atoms with E-state index in [9.17, 15) is 9.90 Å². The van der Waals surface area contributed by atoms with E-state index in [4.69, 9.17) is 4.74 Å². The van der Waals surface area contributed by atoms with Crippen LogP contribution in [0.4, 0.5) is 0 Å². The summed E-state index contributed by atoms with van der Waals surface area (Å²) >= 11 is 0. The SMILES string of the molecule is CCCCOC(=C(C)C(=O)O)C1CC(C)(C)N(C)C(C)(C)C1. The van der Waals surface area contributed by atoms with Crippen molar-refractivity contribution in [3.63, 3.8) is 0 Å². The predicted molar refractivity (Wildman–Crippen MR) is 89.8 cm³/mol. The lowest BCUT2D eigenvalue weighted by Crippen LogP contribution is -2.58. The van der Waals surface area contributed by atoms with E-state index in [2.05, 4.69) is 46.6 Å². The second-order valence-corrected chi connectivity index (χ2v) is 7.79. The molecule has 22 heavy (non-hydrogen) atoms. The monoisotopic (exact) mass is 311 g/mol. The lowest BCUT2D eigenvalue weighted by molar-refractivity contribution is -0.133. The third-order valence-corrected chi connectivity index (χ3v) is 5.12. The second kappa shape index (κ2) is 7.03. The molecule has 0 aromatic carbocycles. The van der Waals surface area contributed by atoms with E-state index >= 15 is 0 Å². The first kappa shape index (κ1) is 19.0. The highest BCUT2D eigenvalue weighted by Crippen LogP contribution is 2.43. The molecule has 1 saturated heterocycles. The fraction of sp³-hybridized carbons (Fsp3) is 0.833. The molecule has 4 nitrogen and oxygen atoms in total. The molecule has 0 saturated carbocycles. The summed E-state index contributed by atoms with van der Waals surface area (Å²) in [5.41, 5.74) is 0.395. The minimum Gasteiger partial charge on any atom is -0.497 e. The number of unbranched alkanes of at least 4 members (excludes halogenated alkanes) is 1. The Labute approximate surface area is 135 Å². The quantitative estimate of drug-likeness (QED) is 0.456. The van der Waals surface area contributed by atoms with Crippen LogP contribution in [0.5, 0.6) is 0 Å². The van der Waals surface area contributed by atoms with Gasteiger partial charge in [-0.3, -0.25) is 4.90 Å². The molecule has 0 spiro atoms. The molecule has 4 heteroatoms. The third-order valence-electron chi connectivity index (χ3n) is 5.12. The van der Waals surface area contributed by atoms with Gasteiger partial charge in [-0.25, -0.2) is 4.79 Å². The fourth-order valence-corrected chi connectivity index (χ4v) is 3.52. The topological polar surface area (TPSA) is 49.8 Å². The van der Waals surface area contributed by atoms with Crippen LogP contribution < -0.4 is 0 Å². The van der Waals surface area contributed by atoms with Crippen LogP contribution in [0.3, 0.4) is 0 Å². The minimum atomic E-state index is -0.874. The first-order chi connectivity index (χ1) is 10.0. The number of likely N-dealkylation sites (tertiary alicyclic amines) is 1. The largest absolute Gasteiger partial charge is 0.497 e. The number of allylic oxidation sites excluding steroid dienone is 1. The van der Waals surface area contributed by atoms with E-state index in [-0.39, 0.29) is 17.0 Å². The third kappa shape index (κ3) is 4.25. The van der Waals surface area contributed by atoms with E-state index in [1.807, 2.05) is 0 Å². The summed E-state index contributed by atoms with van der Waals surface area (Å²) in [7, 11) is 2.15. The maximum Gasteiger partial charge on any atom is 0.334 e. The average molecular weight is 311 g/mol. The van der Waals surface area contributed by atoms with Gasteiger partial charge in [-0.15, -0.1) is 0 Å². The zero-order valence-electron chi connectivity index (χ0n) is 15.3. The van der Waals surface area contributed by atoms with Gasteiger partial charge in [0, 0.05) is 17.0 Å². The number of aliphatic carboxylic acids is 1. The fourth-order valence-electron chi connectivity index (χ4n) is 3.52. The number of ether oxygens (including phenoxy) is 1. The molecule has 0 atom stereocenters. The Morgan fingerprint density at radius 1 is 1.23 bits per heavy atom. The van der Waals surface area contributed by atoms with Crippen LogP contribution in [-0.2, 0) is 9.53 Å². The van der Waals surface area contributed by atoms with Gasteiger partial charge in [-0.05, 0) is 60.9 Å². The van der Waals surface area contributed by atoms with Crippen LogP contribution in [0, 0.1) is 5.92 Å². The molecule has 0 bridgehead atoms. The summed E-state index contributed by atoms with van der Waals surface area (Å²) in [6.07, 6.45) is 3.83. The van der Waals surface area contributed by atoms with Crippen LogP contribution >= 0.6 is 0 Å². The lowest BCUT2D eigenvalue weighted by Gasteiger charge is -2.54. The number of carboxylic acid groups (broad SMARTS) is 1. The molecule has 0 aliphatic carbocycles. The molecular formula is C18H33NO3. The molecule has 128 valence electrons. The normalized spacial score (nSPS) is 23.0. The molecule has 0 amide bonds. The lowest BCUT2D eigenvalue weighted by atomic mass is 9.73. The van der Waals surface area contributed by atoms with E-state index in [1.165, 1.54) is 0 Å². The van der Waals surface area contributed by atoms with Crippen molar-refractivity contribution in [2.75, 3.05) is 13.7 Å². The van der Waals surface area contributed by atoms with E-state index in [0.717, 1.165) is 25.7 Å². The molecular weight excluding hydrogens is 278 g/mol. The van der Waals surface area contributed by atoms with Crippen LogP contribution in [0.25, 0.3) is 0 Å². The Morgan fingerprint density at radius 2 is 1.73 bits per heavy atom. The molecule has 1 aliphatic rings. The van der Waals surface area contributed by atoms with Crippen molar-refractivity contribution in [3.05, 3.63) is 11.3 Å². The van der Waals surface area contributed by atoms with Crippen molar-refractivity contribution in [2.45, 2.75) is 78.3 Å². The zero-order valence-corrected chi connectivity index (χ0v) is 15.3. The first-order valence-electron chi connectivity index (χ1n) is 8.33. The number of hydrogen-bond acceptors (Lipinski definition) is 3. The van der Waals surface area contributed by atoms with Crippen molar-refractivity contribution in [1.82, 2.24) is 4.90 Å². The average Bonchev–Trinajstić information content (AvgIpc) is 2.39. The van der Waals surface area contributed by atoms with Crippen LogP contribution in [0.1, 0.15) is 67.2 Å². The van der Waals surface area contributed by atoms with Gasteiger partial charge in [0.25, 0.3) is 0 Å². The van der Waals surface area contributed by atoms with Gasteiger partial charge in [0.15, 0.2) is 0 Å². The van der Waals surface area contributed by atoms with Crippen molar-refractivity contribution < 1.29 is 14.6 Å². The van der Waals surface area contributed by atoms with E-state index in [1.54, 1.807) is 6.92 Å². The van der Waals surface area contributed by atoms with Crippen molar-refractivity contribution in [3.8, 4) is 0 Å². The van der Waals surface area contributed by atoms with Gasteiger partial charge in [0.05, 0.1) is 12.2 Å². The number of piperidine rings is 1. The first-order valence-corrected chi connectivity index (χ1v) is 8.33. The summed E-state index contributed by atoms with van der Waals surface area (Å²) in [5.74, 6) is -0.0228. The molecule has 0 unspecified atom stereocenters. The van der Waals surface area contributed by atoms with Gasteiger partial charge in [0.2, 0.25) is 0 Å². The highest BCUT2D eigenvalue weighted by Gasteiger charge is 2.45. The Hall–Kier alpha value is -1.03. The molecule has 1 heterocycles. The number of carbonyl (C=O) groups is 1. The van der Waals surface area contributed by atoms with E-state index in [0.29, 0.717) is 17.9 Å². The highest BCUT2D eigenvalue weighted by molar-refractivity contribution is 5.86. The summed E-state index contributed by atoms with van der Waals surface area (Å²) in [4.78, 5) is 13.9. The van der Waals surface area contributed by atoms with Gasteiger partial charge in [-0.1, -0.05) is 13.3 Å². The Bertz CT molecular complexity index is 420. The molecule has 1 aliphatic heterocycles. The molecule has 1 N–H and O–H groups in total. The van der Waals surface area contributed by atoms with Gasteiger partial charge in [0.1, 0.15) is 5.76 Å². The number of hydrogen-bond donors (Lipinski definition) is 1. The van der Waals surface area contributed by atoms with Crippen molar-refractivity contribution >= 4 is 5.97 Å². The number of carboxylic acids is 1. The zero-order chi connectivity index (χ0) is 17.1. The van der Waals surface area contributed by atoms with Crippen molar-refractivity contribution in [1.29, 1.82) is 0 Å². The maximum absolute atomic E-state index is 11.5. The van der Waals surface area contributed by atoms with Gasteiger partial charge >= 0.3 is 5.97 Å². The highest BCUT2D eigenvalue weighted by atomic mass is 16.5. The summed E-state index contributed by atoms with van der Waals surface area (Å²) in [6, 6.07) is 0. The molecule has 1 fully saturated rings. The predicted octanol–water partition coefficient (Wildman–Crippen LogP) is 4.06. The summed E-state index contributed by atoms with van der Waals surface area (Å²) in [6.45, 7) is 13.3. The van der Waals surface area contributed by atoms with Crippen LogP contribution in [-0.4, -0.2) is 40.7 Å². The number of rotatable bonds is 6. The Morgan fingerprint density at radius 3 is 2.14 bits per heavy atom. The molecule has 0 aromatic rings. The van der Waals surface area contributed by atoms with Crippen molar-refractivity contribution in [2.24, 2.45) is 5.92 Å². The Kier molecular flexibility index (Phi) is 6.08. The van der Waals surface area contributed by atoms with Crippen LogP contribution in [0.2, 0.25) is 0 Å². The minimum absolute atomic E-state index is 0.0184. The summed E-state index contributed by atoms with van der Waals surface area (Å²) < 4.78 is 5.95. The second-order valence-electron chi connectivity index (χ2n) is 7.79. The Balaban J connectivity index is 3.09. The van der Waals surface area contributed by atoms with Crippen LogP contribution in [0.15, 0.2) is 11.3 Å². The molecule has 1 rings (SSSR count). The molecule has 0 radical (unpaired) electrons. The number of nitrogens with zero attached hydrogens (tertiary/aromatic N) is 1.